The quantitative estimate of drug-likeness (QED) is 0.0502. The van der Waals surface area contributed by atoms with Crippen LogP contribution in [0.4, 0.5) is 0 Å². The van der Waals surface area contributed by atoms with Crippen molar-refractivity contribution < 1.29 is 38.6 Å². The molecule has 4 heterocycles. The molecule has 19 atom stereocenters. The van der Waals surface area contributed by atoms with Gasteiger partial charge in [0.1, 0.15) is 5.78 Å². The molecule has 558 valence electrons. The van der Waals surface area contributed by atoms with E-state index in [0.717, 1.165) is 148 Å². The van der Waals surface area contributed by atoms with Crippen LogP contribution in [0.1, 0.15) is 233 Å². The fourth-order valence-electron chi connectivity index (χ4n) is 23.7. The first-order valence-corrected chi connectivity index (χ1v) is 41.1. The molecule has 2 aromatic carbocycles. The number of nitrogens with one attached hydrogen (secondary N) is 4. The molecular formula is C88H128N6O8. The smallest absolute Gasteiger partial charge is 0.220 e. The van der Waals surface area contributed by atoms with E-state index in [1.54, 1.807) is 22.3 Å². The number of hydrogen-bond donors (Lipinski definition) is 5. The summed E-state index contributed by atoms with van der Waals surface area (Å²) in [6, 6.07) is 21.0. The van der Waals surface area contributed by atoms with Gasteiger partial charge in [-0.15, -0.1) is 0 Å². The lowest BCUT2D eigenvalue weighted by molar-refractivity contribution is -0.122. The van der Waals surface area contributed by atoms with Gasteiger partial charge in [0.25, 0.3) is 0 Å². The van der Waals surface area contributed by atoms with Crippen LogP contribution in [-0.4, -0.2) is 138 Å². The van der Waals surface area contributed by atoms with E-state index in [4.69, 9.17) is 9.47 Å². The number of allylic oxidation sites excluding steroid dienone is 5. The molecule has 14 heteroatoms. The van der Waals surface area contributed by atoms with Crippen LogP contribution in [0.25, 0.3) is 0 Å². The molecule has 14 nitrogen and oxygen atoms in total. The van der Waals surface area contributed by atoms with E-state index >= 15 is 0 Å². The van der Waals surface area contributed by atoms with Gasteiger partial charge < -0.3 is 35.8 Å². The van der Waals surface area contributed by atoms with Crippen LogP contribution in [-0.2, 0) is 46.3 Å². The highest BCUT2D eigenvalue weighted by molar-refractivity contribution is 5.83. The zero-order valence-corrected chi connectivity index (χ0v) is 63.7. The second-order valence-electron chi connectivity index (χ2n) is 35.2. The number of Topliss-reactive ketones (excluding diaryl/α,β-unsaturated/α-hetero) is 1. The van der Waals surface area contributed by atoms with Crippen molar-refractivity contribution >= 4 is 29.4 Å². The minimum absolute atomic E-state index is 0.0962. The normalized spacial score (nSPS) is 36.6. The van der Waals surface area contributed by atoms with Crippen LogP contribution in [0.2, 0.25) is 0 Å². The van der Waals surface area contributed by atoms with Crippen molar-refractivity contribution in [1.82, 2.24) is 31.1 Å². The number of aryl methyl sites for hydroxylation is 2. The second kappa shape index (κ2) is 32.5. The summed E-state index contributed by atoms with van der Waals surface area (Å²) >= 11 is 0. The number of fused-ring (bicyclic) bond motifs is 12. The lowest BCUT2D eigenvalue weighted by Gasteiger charge is -2.49. The first kappa shape index (κ1) is 75.0. The van der Waals surface area contributed by atoms with Gasteiger partial charge in [-0.3, -0.25) is 33.8 Å². The summed E-state index contributed by atoms with van der Waals surface area (Å²) < 4.78 is 14.6. The minimum Gasteiger partial charge on any atom is -0.393 e. The van der Waals surface area contributed by atoms with Gasteiger partial charge >= 0.3 is 0 Å². The van der Waals surface area contributed by atoms with Crippen molar-refractivity contribution in [3.8, 4) is 0 Å². The van der Waals surface area contributed by atoms with Gasteiger partial charge in [0, 0.05) is 115 Å². The largest absolute Gasteiger partial charge is 0.393 e. The van der Waals surface area contributed by atoms with Crippen molar-refractivity contribution in [2.45, 2.75) is 277 Å². The van der Waals surface area contributed by atoms with Crippen molar-refractivity contribution in [1.29, 1.82) is 0 Å². The van der Waals surface area contributed by atoms with Crippen LogP contribution in [0.5, 0.6) is 0 Å². The molecular weight excluding hydrogens is 1270 g/mol. The Morgan fingerprint density at radius 3 is 1.45 bits per heavy atom. The SMILES string of the molecule is CC1=C2C[C@H]3[C@@H](CC=C4CC(=O)CC[C@@]43C)[C@@H]2CCC12O[C@@H]1C[C@H](C)CN(CCNC(=O)CCCCCNC(=O)CCc3ccccc3)[C@H]1[C@H]2C.CC1=C2C[C@H]3[C@@H](CC=C4C[C@@H](O)CC[C@@]43C)[C@@H]2CCC12O[C@@H]1C[C@H](C)CN(CCNC(=O)CCCCCNC(=O)CCc3ccccc3)[C@H]1[C@H]2C. The Hall–Kier alpha value is -5.25. The number of ether oxygens (including phenoxy) is 2. The van der Waals surface area contributed by atoms with Crippen LogP contribution in [0.15, 0.2) is 106 Å². The van der Waals surface area contributed by atoms with E-state index < -0.39 is 0 Å². The summed E-state index contributed by atoms with van der Waals surface area (Å²) in [4.78, 5) is 67.6. The van der Waals surface area contributed by atoms with Gasteiger partial charge in [-0.1, -0.05) is 149 Å². The van der Waals surface area contributed by atoms with Gasteiger partial charge in [0.15, 0.2) is 0 Å². The van der Waals surface area contributed by atoms with Crippen molar-refractivity contribution in [2.24, 2.45) is 70.0 Å². The molecule has 14 rings (SSSR count). The molecule has 12 aliphatic rings. The number of piperidine rings is 2. The summed E-state index contributed by atoms with van der Waals surface area (Å²) in [6.45, 7) is 26.1. The number of rotatable bonds is 24. The number of carbonyl (C=O) groups excluding carboxylic acids is 5. The Morgan fingerprint density at radius 1 is 0.529 bits per heavy atom. The maximum absolute atomic E-state index is 12.8. The predicted molar refractivity (Wildman–Crippen MR) is 405 cm³/mol. The zero-order valence-electron chi connectivity index (χ0n) is 63.7. The predicted octanol–water partition coefficient (Wildman–Crippen LogP) is 14.5. The van der Waals surface area contributed by atoms with Crippen LogP contribution < -0.4 is 21.3 Å². The summed E-state index contributed by atoms with van der Waals surface area (Å²) in [5, 5.41) is 23.0. The van der Waals surface area contributed by atoms with E-state index in [1.807, 2.05) is 36.4 Å². The fraction of sp³-hybridized carbons (Fsp3) is 0.716. The lowest BCUT2D eigenvalue weighted by Crippen LogP contribution is -2.54. The first-order chi connectivity index (χ1) is 49.2. The molecule has 4 amide bonds. The lowest BCUT2D eigenvalue weighted by atomic mass is 9.56. The van der Waals surface area contributed by atoms with Gasteiger partial charge in [0.05, 0.1) is 29.5 Å². The van der Waals surface area contributed by atoms with E-state index in [9.17, 15) is 29.1 Å². The molecule has 2 aromatic rings. The number of carbonyl (C=O) groups is 5. The Morgan fingerprint density at radius 2 is 0.971 bits per heavy atom. The van der Waals surface area contributed by atoms with Gasteiger partial charge in [-0.25, -0.2) is 0 Å². The van der Waals surface area contributed by atoms with Crippen LogP contribution in [0, 0.1) is 70.0 Å². The maximum Gasteiger partial charge on any atom is 0.220 e. The van der Waals surface area contributed by atoms with Crippen LogP contribution in [0.3, 0.4) is 0 Å². The van der Waals surface area contributed by atoms with E-state index in [2.05, 4.69) is 123 Å². The van der Waals surface area contributed by atoms with E-state index in [0.29, 0.717) is 129 Å². The molecule has 0 bridgehead atoms. The molecule has 8 fully saturated rings. The van der Waals surface area contributed by atoms with Gasteiger partial charge in [-0.05, 0) is 223 Å². The monoisotopic (exact) mass is 1400 g/mol. The standard InChI is InChI=1S/C44H65N3O4.C44H63N3O4/c2*1-29-25-39-42(47(28-29)24-23-46-40(49)13-9-6-10-22-45-41(50)17-14-32-11-7-5-8-12-32)31(3)44(51-39)21-19-35-36-16-15-33-26-34(48)18-20-43(33,4)38(36)27-37(35)30(44)2/h5,7-8,11-12,15,29,31,34-36,38-39,42,48H,6,9-10,13-14,16-28H2,1-4H3,(H,45,50)(H,46,49);5,7-8,11-12,15,29,31,35-36,38-39,42H,6,9-10,13-14,16-28H2,1-4H3,(H,45,50)(H,46,49)/t29-,31+,34-,35-,36-,38-,39+,42-,43-,44?;29-,31+,35-,36-,38-,39+,42-,43-,44?/m00/s1. The topological polar surface area (TPSA) is 179 Å². The Balaban J connectivity index is 0.000000182. The van der Waals surface area contributed by atoms with E-state index in [1.165, 1.54) is 54.4 Å². The van der Waals surface area contributed by atoms with Crippen molar-refractivity contribution in [3.05, 3.63) is 117 Å². The molecule has 4 aliphatic heterocycles. The average molecular weight is 1400 g/mol. The number of unbranched alkanes of at least 4 members (excludes halogenated alkanes) is 4. The summed E-state index contributed by atoms with van der Waals surface area (Å²) in [5.41, 5.74) is 12.0. The Labute approximate surface area is 612 Å². The van der Waals surface area contributed by atoms with Crippen molar-refractivity contribution in [2.75, 3.05) is 52.4 Å². The third-order valence-corrected chi connectivity index (χ3v) is 29.3. The number of ketones is 1. The average Bonchev–Trinajstić information content (AvgIpc) is 1.55. The summed E-state index contributed by atoms with van der Waals surface area (Å²) in [6.07, 6.45) is 31.4. The Bertz CT molecular complexity index is 3440. The number of amides is 4. The van der Waals surface area contributed by atoms with Gasteiger partial charge in [0.2, 0.25) is 23.6 Å². The fourth-order valence-corrected chi connectivity index (χ4v) is 23.7. The molecule has 5 N–H and O–H groups in total. The summed E-state index contributed by atoms with van der Waals surface area (Å²) in [7, 11) is 0. The second-order valence-corrected chi connectivity index (χ2v) is 35.2. The number of aliphatic hydroxyl groups excluding tert-OH is 1. The van der Waals surface area contributed by atoms with E-state index in [-0.39, 0.29) is 64.0 Å². The molecule has 8 aliphatic carbocycles. The summed E-state index contributed by atoms with van der Waals surface area (Å²) in [5.74, 6) is 7.05. The number of benzene rings is 2. The zero-order chi connectivity index (χ0) is 71.5. The van der Waals surface area contributed by atoms with Crippen LogP contribution >= 0.6 is 0 Å². The van der Waals surface area contributed by atoms with Gasteiger partial charge in [-0.2, -0.15) is 0 Å². The number of nitrogens with zero attached hydrogens (tertiary/aromatic N) is 2. The molecule has 2 spiro atoms. The third-order valence-electron chi connectivity index (χ3n) is 29.3. The van der Waals surface area contributed by atoms with Crippen molar-refractivity contribution in [3.63, 3.8) is 0 Å². The molecule has 0 radical (unpaired) electrons. The Kier molecular flexibility index (Phi) is 23.9. The number of likely N-dealkylation sites (tertiary alicyclic amines) is 2. The highest BCUT2D eigenvalue weighted by Gasteiger charge is 2.64. The highest BCUT2D eigenvalue weighted by Crippen LogP contribution is 2.67. The first-order valence-electron chi connectivity index (χ1n) is 41.1. The molecule has 4 saturated carbocycles. The molecule has 2 unspecified atom stereocenters. The third kappa shape index (κ3) is 15.6. The highest BCUT2D eigenvalue weighted by atomic mass is 16.5. The number of aliphatic hydroxyl groups is 1. The molecule has 4 saturated heterocycles. The minimum atomic E-state index is -0.179. The maximum atomic E-state index is 12.8. The molecule has 0 aromatic heterocycles. The number of hydrogen-bond acceptors (Lipinski definition) is 10. The molecule has 102 heavy (non-hydrogen) atoms.